The van der Waals surface area contributed by atoms with Gasteiger partial charge in [-0.2, -0.15) is 5.26 Å². The third-order valence-corrected chi connectivity index (χ3v) is 1.96. The summed E-state index contributed by atoms with van der Waals surface area (Å²) >= 11 is 0. The summed E-state index contributed by atoms with van der Waals surface area (Å²) < 4.78 is 5.06. The molecule has 0 aliphatic rings. The normalized spacial score (nSPS) is 10.4. The number of hydrogen-bond donors (Lipinski definition) is 1. The first-order chi connectivity index (χ1) is 8.84. The van der Waals surface area contributed by atoms with Crippen molar-refractivity contribution in [2.45, 2.75) is 32.9 Å². The zero-order valence-corrected chi connectivity index (χ0v) is 11.1. The average Bonchev–Trinajstić information content (AvgIpc) is 2.33. The van der Waals surface area contributed by atoms with Crippen LogP contribution in [0.2, 0.25) is 0 Å². The molecular formula is C13H15N3O3. The maximum atomic E-state index is 11.4. The van der Waals surface area contributed by atoms with Gasteiger partial charge < -0.3 is 10.1 Å². The Morgan fingerprint density at radius 1 is 1.53 bits per heavy atom. The molecule has 0 saturated heterocycles. The van der Waals surface area contributed by atoms with Crippen molar-refractivity contribution < 1.29 is 14.3 Å². The number of alkyl carbamates (subject to hydrolysis) is 1. The summed E-state index contributed by atoms with van der Waals surface area (Å²) in [4.78, 5) is 26.1. The smallest absolute Gasteiger partial charge is 0.407 e. The molecule has 0 aliphatic heterocycles. The molecule has 0 aliphatic carbocycles. The predicted octanol–water partition coefficient (Wildman–Crippen LogP) is 1.79. The SMILES string of the molecule is CC(C)(C)OC(=O)NCc1cc(C#N)cc(C=O)n1. The van der Waals surface area contributed by atoms with E-state index in [4.69, 9.17) is 10.00 Å². The summed E-state index contributed by atoms with van der Waals surface area (Å²) in [5.41, 5.74) is 0.310. The van der Waals surface area contributed by atoms with Crippen molar-refractivity contribution in [3.63, 3.8) is 0 Å². The second kappa shape index (κ2) is 5.96. The van der Waals surface area contributed by atoms with Crippen molar-refractivity contribution in [2.24, 2.45) is 0 Å². The monoisotopic (exact) mass is 261 g/mol. The first-order valence-electron chi connectivity index (χ1n) is 5.67. The number of nitriles is 1. The summed E-state index contributed by atoms with van der Waals surface area (Å²) in [6.45, 7) is 5.36. The maximum absolute atomic E-state index is 11.4. The number of carbonyl (C=O) groups excluding carboxylic acids is 2. The zero-order valence-electron chi connectivity index (χ0n) is 11.1. The van der Waals surface area contributed by atoms with Crippen LogP contribution in [0, 0.1) is 11.3 Å². The number of nitrogens with zero attached hydrogens (tertiary/aromatic N) is 2. The number of aromatic nitrogens is 1. The van der Waals surface area contributed by atoms with E-state index >= 15 is 0 Å². The van der Waals surface area contributed by atoms with Gasteiger partial charge in [0.2, 0.25) is 0 Å². The van der Waals surface area contributed by atoms with Crippen LogP contribution in [0.1, 0.15) is 42.5 Å². The molecule has 1 aromatic heterocycles. The van der Waals surface area contributed by atoms with E-state index < -0.39 is 11.7 Å². The Hall–Kier alpha value is -2.42. The third kappa shape index (κ3) is 5.17. The van der Waals surface area contributed by atoms with Crippen LogP contribution in [0.4, 0.5) is 4.79 Å². The van der Waals surface area contributed by atoms with Crippen LogP contribution < -0.4 is 5.32 Å². The van der Waals surface area contributed by atoms with Gasteiger partial charge in [-0.15, -0.1) is 0 Å². The predicted molar refractivity (Wildman–Crippen MR) is 67.4 cm³/mol. The molecule has 0 atom stereocenters. The van der Waals surface area contributed by atoms with Gasteiger partial charge in [0.25, 0.3) is 0 Å². The lowest BCUT2D eigenvalue weighted by atomic mass is 10.2. The lowest BCUT2D eigenvalue weighted by Gasteiger charge is -2.19. The third-order valence-electron chi connectivity index (χ3n) is 1.96. The highest BCUT2D eigenvalue weighted by atomic mass is 16.6. The fourth-order valence-electron chi connectivity index (χ4n) is 1.30. The molecule has 0 radical (unpaired) electrons. The Morgan fingerprint density at radius 2 is 2.21 bits per heavy atom. The first-order valence-corrected chi connectivity index (χ1v) is 5.67. The molecule has 1 aromatic rings. The molecule has 100 valence electrons. The highest BCUT2D eigenvalue weighted by Gasteiger charge is 2.15. The lowest BCUT2D eigenvalue weighted by Crippen LogP contribution is -2.32. The van der Waals surface area contributed by atoms with Crippen molar-refractivity contribution in [1.29, 1.82) is 5.26 Å². The molecule has 0 fully saturated rings. The van der Waals surface area contributed by atoms with Gasteiger partial charge in [0, 0.05) is 0 Å². The highest BCUT2D eigenvalue weighted by Crippen LogP contribution is 2.07. The van der Waals surface area contributed by atoms with E-state index in [2.05, 4.69) is 10.3 Å². The maximum Gasteiger partial charge on any atom is 0.407 e. The molecule has 0 unspecified atom stereocenters. The first kappa shape index (κ1) is 14.6. The van der Waals surface area contributed by atoms with E-state index in [1.54, 1.807) is 20.8 Å². The van der Waals surface area contributed by atoms with Crippen LogP contribution in [0.5, 0.6) is 0 Å². The summed E-state index contributed by atoms with van der Waals surface area (Å²) in [5.74, 6) is 0. The van der Waals surface area contributed by atoms with Gasteiger partial charge in [0.15, 0.2) is 6.29 Å². The van der Waals surface area contributed by atoms with Crippen molar-refractivity contribution in [1.82, 2.24) is 10.3 Å². The van der Waals surface area contributed by atoms with Gasteiger partial charge in [-0.25, -0.2) is 9.78 Å². The number of nitrogens with one attached hydrogen (secondary N) is 1. The number of hydrogen-bond acceptors (Lipinski definition) is 5. The number of ether oxygens (including phenoxy) is 1. The zero-order chi connectivity index (χ0) is 14.5. The molecular weight excluding hydrogens is 246 g/mol. The van der Waals surface area contributed by atoms with Gasteiger partial charge in [-0.05, 0) is 32.9 Å². The van der Waals surface area contributed by atoms with Gasteiger partial charge >= 0.3 is 6.09 Å². The van der Waals surface area contributed by atoms with Gasteiger partial charge in [0.1, 0.15) is 11.3 Å². The van der Waals surface area contributed by atoms with Crippen molar-refractivity contribution in [3.05, 3.63) is 29.1 Å². The summed E-state index contributed by atoms with van der Waals surface area (Å²) in [6, 6.07) is 4.81. The fraction of sp³-hybridized carbons (Fsp3) is 0.385. The van der Waals surface area contributed by atoms with Crippen LogP contribution in [0.25, 0.3) is 0 Å². The minimum absolute atomic E-state index is 0.0886. The molecule has 1 amide bonds. The van der Waals surface area contributed by atoms with Crippen LogP contribution >= 0.6 is 0 Å². The molecule has 0 aromatic carbocycles. The number of carbonyl (C=O) groups is 2. The number of rotatable bonds is 3. The van der Waals surface area contributed by atoms with Crippen molar-refractivity contribution in [2.75, 3.05) is 0 Å². The van der Waals surface area contributed by atoms with E-state index in [1.807, 2.05) is 6.07 Å². The molecule has 19 heavy (non-hydrogen) atoms. The van der Waals surface area contributed by atoms with Crippen LogP contribution in [0.3, 0.4) is 0 Å². The number of pyridine rings is 1. The van der Waals surface area contributed by atoms with E-state index in [0.29, 0.717) is 17.5 Å². The number of amides is 1. The second-order valence-corrected chi connectivity index (χ2v) is 4.86. The molecule has 1 N–H and O–H groups in total. The van der Waals surface area contributed by atoms with E-state index in [9.17, 15) is 9.59 Å². The minimum Gasteiger partial charge on any atom is -0.444 e. The van der Waals surface area contributed by atoms with Crippen molar-refractivity contribution in [3.8, 4) is 6.07 Å². The molecule has 6 heteroatoms. The van der Waals surface area contributed by atoms with Crippen LogP contribution in [-0.4, -0.2) is 23.0 Å². The Labute approximate surface area is 111 Å². The van der Waals surface area contributed by atoms with Crippen LogP contribution in [0.15, 0.2) is 12.1 Å². The average molecular weight is 261 g/mol. The Morgan fingerprint density at radius 3 is 2.74 bits per heavy atom. The molecule has 0 saturated carbocycles. The van der Waals surface area contributed by atoms with E-state index in [1.165, 1.54) is 12.1 Å². The molecule has 6 nitrogen and oxygen atoms in total. The molecule has 0 bridgehead atoms. The van der Waals surface area contributed by atoms with Gasteiger partial charge in [0.05, 0.1) is 23.9 Å². The van der Waals surface area contributed by atoms with E-state index in [0.717, 1.165) is 0 Å². The van der Waals surface area contributed by atoms with E-state index in [-0.39, 0.29) is 12.2 Å². The Kier molecular flexibility index (Phi) is 4.59. The Bertz CT molecular complexity index is 527. The topological polar surface area (TPSA) is 92.1 Å². The summed E-state index contributed by atoms with van der Waals surface area (Å²) in [7, 11) is 0. The quantitative estimate of drug-likeness (QED) is 0.837. The van der Waals surface area contributed by atoms with Gasteiger partial charge in [-0.1, -0.05) is 0 Å². The largest absolute Gasteiger partial charge is 0.444 e. The summed E-state index contributed by atoms with van der Waals surface area (Å²) in [5, 5.41) is 11.3. The Balaban J connectivity index is 2.70. The lowest BCUT2D eigenvalue weighted by molar-refractivity contribution is 0.0523. The molecule has 0 spiro atoms. The standard InChI is InChI=1S/C13H15N3O3/c1-13(2,3)19-12(18)15-7-10-4-9(6-14)5-11(8-17)16-10/h4-5,8H,7H2,1-3H3,(H,15,18). The molecule has 1 rings (SSSR count). The van der Waals surface area contributed by atoms with Crippen LogP contribution in [-0.2, 0) is 11.3 Å². The highest BCUT2D eigenvalue weighted by molar-refractivity contribution is 5.72. The number of aldehydes is 1. The fourth-order valence-corrected chi connectivity index (χ4v) is 1.30. The molecule has 1 heterocycles. The minimum atomic E-state index is -0.583. The summed E-state index contributed by atoms with van der Waals surface area (Å²) in [6.07, 6.45) is -0.0260. The second-order valence-electron chi connectivity index (χ2n) is 4.86. The van der Waals surface area contributed by atoms with Crippen molar-refractivity contribution >= 4 is 12.4 Å². The van der Waals surface area contributed by atoms with Gasteiger partial charge in [-0.3, -0.25) is 4.79 Å².